The Hall–Kier alpha value is -2.60. The normalized spacial score (nSPS) is 21.8. The molecule has 1 aromatic carbocycles. The number of cyclic esters (lactones) is 1. The fourth-order valence-electron chi connectivity index (χ4n) is 3.45. The fraction of sp³-hybridized carbons (Fsp3) is 0.278. The highest BCUT2D eigenvalue weighted by Crippen LogP contribution is 2.44. The van der Waals surface area contributed by atoms with Crippen LogP contribution in [0.2, 0.25) is 5.02 Å². The number of aromatic nitrogens is 2. The first-order chi connectivity index (χ1) is 11.9. The van der Waals surface area contributed by atoms with Gasteiger partial charge in [0.1, 0.15) is 5.60 Å². The van der Waals surface area contributed by atoms with Crippen LogP contribution in [0.5, 0.6) is 0 Å². The molecule has 2 aliphatic heterocycles. The van der Waals surface area contributed by atoms with Crippen LogP contribution < -0.4 is 5.32 Å². The van der Waals surface area contributed by atoms with E-state index in [-0.39, 0.29) is 12.3 Å². The van der Waals surface area contributed by atoms with Crippen molar-refractivity contribution in [3.05, 3.63) is 52.3 Å². The minimum atomic E-state index is -0.842. The van der Waals surface area contributed by atoms with Gasteiger partial charge in [0.2, 0.25) is 5.91 Å². The molecule has 25 heavy (non-hydrogen) atoms. The Morgan fingerprint density at radius 3 is 2.68 bits per heavy atom. The Labute approximate surface area is 149 Å². The van der Waals surface area contributed by atoms with Gasteiger partial charge in [0.15, 0.2) is 0 Å². The zero-order valence-corrected chi connectivity index (χ0v) is 14.5. The van der Waals surface area contributed by atoms with Crippen LogP contribution in [0, 0.1) is 0 Å². The Morgan fingerprint density at radius 1 is 1.24 bits per heavy atom. The molecular formula is C18H16ClN3O3. The van der Waals surface area contributed by atoms with Gasteiger partial charge in [-0.3, -0.25) is 9.89 Å². The molecule has 0 saturated heterocycles. The van der Waals surface area contributed by atoms with Gasteiger partial charge in [0, 0.05) is 22.9 Å². The minimum absolute atomic E-state index is 0.140. The topological polar surface area (TPSA) is 84.1 Å². The number of esters is 1. The first-order valence-electron chi connectivity index (χ1n) is 7.94. The van der Waals surface area contributed by atoms with Crippen LogP contribution in [0.3, 0.4) is 0 Å². The van der Waals surface area contributed by atoms with Crippen LogP contribution in [0.25, 0.3) is 11.3 Å². The first kappa shape index (κ1) is 15.9. The number of H-pyrrole nitrogens is 1. The molecular weight excluding hydrogens is 342 g/mol. The maximum absolute atomic E-state index is 12.4. The summed E-state index contributed by atoms with van der Waals surface area (Å²) in [4.78, 5) is 24.7. The molecule has 0 saturated carbocycles. The van der Waals surface area contributed by atoms with Crippen molar-refractivity contribution in [2.24, 2.45) is 0 Å². The number of nitrogens with one attached hydrogen (secondary N) is 2. The van der Waals surface area contributed by atoms with E-state index < -0.39 is 17.5 Å². The highest BCUT2D eigenvalue weighted by molar-refractivity contribution is 6.30. The molecule has 2 N–H and O–H groups in total. The molecule has 4 rings (SSSR count). The van der Waals surface area contributed by atoms with E-state index in [2.05, 4.69) is 15.5 Å². The van der Waals surface area contributed by atoms with Gasteiger partial charge in [-0.15, -0.1) is 0 Å². The molecule has 0 radical (unpaired) electrons. The van der Waals surface area contributed by atoms with E-state index in [1.165, 1.54) is 0 Å². The quantitative estimate of drug-likeness (QED) is 0.809. The number of halogens is 1. The van der Waals surface area contributed by atoms with Crippen LogP contribution in [0.1, 0.15) is 31.7 Å². The first-order valence-corrected chi connectivity index (χ1v) is 8.31. The maximum Gasteiger partial charge on any atom is 0.337 e. The zero-order valence-electron chi connectivity index (χ0n) is 13.7. The van der Waals surface area contributed by atoms with E-state index in [0.29, 0.717) is 16.3 Å². The van der Waals surface area contributed by atoms with Crippen molar-refractivity contribution in [2.45, 2.75) is 31.8 Å². The second-order valence-electron chi connectivity index (χ2n) is 6.70. The third kappa shape index (κ3) is 2.53. The molecule has 0 bridgehead atoms. The number of ether oxygens (including phenoxy) is 1. The fourth-order valence-corrected chi connectivity index (χ4v) is 3.58. The lowest BCUT2D eigenvalue weighted by Crippen LogP contribution is -2.38. The molecule has 0 spiro atoms. The van der Waals surface area contributed by atoms with Gasteiger partial charge in [-0.25, -0.2) is 4.79 Å². The van der Waals surface area contributed by atoms with Gasteiger partial charge < -0.3 is 10.1 Å². The molecule has 0 aliphatic carbocycles. The van der Waals surface area contributed by atoms with Gasteiger partial charge in [-0.1, -0.05) is 23.7 Å². The van der Waals surface area contributed by atoms with Crippen LogP contribution in [-0.4, -0.2) is 27.7 Å². The summed E-state index contributed by atoms with van der Waals surface area (Å²) in [5.41, 5.74) is 2.64. The Bertz CT molecular complexity index is 912. The second-order valence-corrected chi connectivity index (χ2v) is 7.14. The summed E-state index contributed by atoms with van der Waals surface area (Å²) in [5, 5.41) is 10.5. The summed E-state index contributed by atoms with van der Waals surface area (Å²) in [6.45, 7) is 3.54. The molecule has 2 aliphatic rings. The molecule has 1 aromatic heterocycles. The summed E-state index contributed by atoms with van der Waals surface area (Å²) < 4.78 is 5.46. The van der Waals surface area contributed by atoms with Crippen molar-refractivity contribution in [3.63, 3.8) is 0 Å². The van der Waals surface area contributed by atoms with Crippen molar-refractivity contribution in [1.82, 2.24) is 15.5 Å². The Kier molecular flexibility index (Phi) is 3.47. The number of aromatic amines is 1. The van der Waals surface area contributed by atoms with Crippen LogP contribution in [-0.2, 0) is 14.3 Å². The van der Waals surface area contributed by atoms with Crippen LogP contribution >= 0.6 is 11.6 Å². The van der Waals surface area contributed by atoms with E-state index >= 15 is 0 Å². The van der Waals surface area contributed by atoms with E-state index in [0.717, 1.165) is 16.8 Å². The third-order valence-electron chi connectivity index (χ3n) is 4.62. The number of benzene rings is 1. The second kappa shape index (κ2) is 5.46. The van der Waals surface area contributed by atoms with Crippen molar-refractivity contribution in [3.8, 4) is 11.3 Å². The van der Waals surface area contributed by atoms with E-state index in [1.807, 2.05) is 12.1 Å². The highest BCUT2D eigenvalue weighted by atomic mass is 35.5. The number of hydrogen-bond acceptors (Lipinski definition) is 4. The summed E-state index contributed by atoms with van der Waals surface area (Å²) in [6.07, 6.45) is 1.83. The largest absolute Gasteiger partial charge is 0.450 e. The third-order valence-corrected chi connectivity index (χ3v) is 4.87. The zero-order chi connectivity index (χ0) is 17.8. The summed E-state index contributed by atoms with van der Waals surface area (Å²) in [7, 11) is 0. The lowest BCUT2D eigenvalue weighted by molar-refractivity contribution is -0.144. The molecule has 6 nitrogen and oxygen atoms in total. The summed E-state index contributed by atoms with van der Waals surface area (Å²) in [5.74, 6) is -0.936. The number of hydrogen-bond donors (Lipinski definition) is 2. The lowest BCUT2D eigenvalue weighted by atomic mass is 9.82. The summed E-state index contributed by atoms with van der Waals surface area (Å²) >= 11 is 5.96. The van der Waals surface area contributed by atoms with Gasteiger partial charge in [-0.05, 0) is 31.5 Å². The average molecular weight is 358 g/mol. The van der Waals surface area contributed by atoms with Crippen molar-refractivity contribution >= 4 is 23.5 Å². The molecule has 128 valence electrons. The smallest absolute Gasteiger partial charge is 0.337 e. The average Bonchev–Trinajstić information content (AvgIpc) is 3.11. The van der Waals surface area contributed by atoms with Crippen molar-refractivity contribution in [2.75, 3.05) is 0 Å². The molecule has 7 heteroatoms. The summed E-state index contributed by atoms with van der Waals surface area (Å²) in [6, 6.07) is 7.31. The lowest BCUT2D eigenvalue weighted by Gasteiger charge is -2.26. The SMILES string of the molecule is CC1(C)OC(=O)C2=C1NC(=O)C[C@H]2c1cn[nH]c1-c1ccc(Cl)cc1. The monoisotopic (exact) mass is 357 g/mol. The van der Waals surface area contributed by atoms with Crippen molar-refractivity contribution in [1.29, 1.82) is 0 Å². The number of rotatable bonds is 2. The molecule has 0 unspecified atom stereocenters. The van der Waals surface area contributed by atoms with E-state index in [4.69, 9.17) is 16.3 Å². The predicted molar refractivity (Wildman–Crippen MR) is 91.7 cm³/mol. The number of nitrogens with zero attached hydrogens (tertiary/aromatic N) is 1. The number of carbonyl (C=O) groups excluding carboxylic acids is 2. The minimum Gasteiger partial charge on any atom is -0.450 e. The maximum atomic E-state index is 12.4. The van der Waals surface area contributed by atoms with Crippen molar-refractivity contribution < 1.29 is 14.3 Å². The molecule has 2 aromatic rings. The molecule has 1 atom stereocenters. The molecule has 3 heterocycles. The standard InChI is InChI=1S/C18H16ClN3O3/c1-18(2)16-14(17(24)25-18)11(7-13(23)21-16)12-8-20-22-15(12)9-3-5-10(19)6-4-9/h3-6,8,11H,7H2,1-2H3,(H,20,22)(H,21,23)/t11-/m0/s1. The number of amides is 1. The van der Waals surface area contributed by atoms with E-state index in [1.54, 1.807) is 32.2 Å². The predicted octanol–water partition coefficient (Wildman–Crippen LogP) is 2.92. The van der Waals surface area contributed by atoms with Crippen LogP contribution in [0.15, 0.2) is 41.7 Å². The van der Waals surface area contributed by atoms with Gasteiger partial charge in [0.05, 0.1) is 23.2 Å². The molecule has 1 amide bonds. The van der Waals surface area contributed by atoms with Gasteiger partial charge >= 0.3 is 5.97 Å². The Balaban J connectivity index is 1.84. The van der Waals surface area contributed by atoms with E-state index in [9.17, 15) is 9.59 Å². The Morgan fingerprint density at radius 2 is 1.96 bits per heavy atom. The van der Waals surface area contributed by atoms with Gasteiger partial charge in [0.25, 0.3) is 0 Å². The molecule has 0 fully saturated rings. The highest BCUT2D eigenvalue weighted by Gasteiger charge is 2.48. The number of carbonyl (C=O) groups is 2. The van der Waals surface area contributed by atoms with Gasteiger partial charge in [-0.2, -0.15) is 5.10 Å². The van der Waals surface area contributed by atoms with Crippen LogP contribution in [0.4, 0.5) is 0 Å².